The van der Waals surface area contributed by atoms with Crippen LogP contribution in [0.4, 0.5) is 0 Å². The van der Waals surface area contributed by atoms with Crippen LogP contribution in [0.15, 0.2) is 59.5 Å². The van der Waals surface area contributed by atoms with E-state index in [0.717, 1.165) is 30.3 Å². The molecule has 0 spiro atoms. The van der Waals surface area contributed by atoms with Crippen molar-refractivity contribution in [2.75, 3.05) is 20.1 Å². The number of Topliss-reactive ketones (excluding diaryl/α,β-unsaturated/α-hetero) is 1. The van der Waals surface area contributed by atoms with Crippen LogP contribution < -0.4 is 5.56 Å². The lowest BCUT2D eigenvalue weighted by Gasteiger charge is -2.36. The zero-order chi connectivity index (χ0) is 19.3. The van der Waals surface area contributed by atoms with Crippen molar-refractivity contribution >= 4 is 33.1 Å². The summed E-state index contributed by atoms with van der Waals surface area (Å²) >= 11 is 0. The van der Waals surface area contributed by atoms with Crippen molar-refractivity contribution in [3.05, 3.63) is 70.6 Å². The smallest absolute Gasteiger partial charge is 0.265 e. The molecule has 0 radical (unpaired) electrons. The molecule has 3 heterocycles. The number of carbonyl (C=O) groups excluding carboxylic acids is 1. The fourth-order valence-electron chi connectivity index (χ4n) is 4.21. The molecule has 2 aromatic carbocycles. The highest BCUT2D eigenvalue weighted by Crippen LogP contribution is 2.23. The van der Waals surface area contributed by atoms with Gasteiger partial charge in [0.25, 0.3) is 5.56 Å². The molecule has 0 aliphatic carbocycles. The summed E-state index contributed by atoms with van der Waals surface area (Å²) in [5.74, 6) is 0.645. The Labute approximate surface area is 162 Å². The molecule has 0 atom stereocenters. The highest BCUT2D eigenvalue weighted by Gasteiger charge is 2.24. The Bertz CT molecular complexity index is 1290. The second-order valence-corrected chi connectivity index (χ2v) is 7.80. The molecule has 4 aromatic rings. The fourth-order valence-corrected chi connectivity index (χ4v) is 4.21. The summed E-state index contributed by atoms with van der Waals surface area (Å²) < 4.78 is 1.50. The number of nitrogens with zero attached hydrogens (tertiary/aromatic N) is 3. The standard InChI is InChI=1S/C23H21N3O2/c1-25-13-15(14-25)8-9-21(27)18-7-4-10-26-22(18)24-20-12-17-6-3-2-5-16(17)11-19(20)23(26)28/h2-7,10-12,15H,8-9,13-14H2,1H3. The van der Waals surface area contributed by atoms with Crippen LogP contribution in [-0.4, -0.2) is 40.2 Å². The van der Waals surface area contributed by atoms with E-state index in [1.54, 1.807) is 18.3 Å². The quantitative estimate of drug-likeness (QED) is 0.407. The van der Waals surface area contributed by atoms with Crippen LogP contribution >= 0.6 is 0 Å². The monoisotopic (exact) mass is 371 g/mol. The van der Waals surface area contributed by atoms with Gasteiger partial charge in [-0.15, -0.1) is 0 Å². The van der Waals surface area contributed by atoms with Crippen LogP contribution in [0.25, 0.3) is 27.3 Å². The molecule has 0 N–H and O–H groups in total. The van der Waals surface area contributed by atoms with Crippen LogP contribution in [0.1, 0.15) is 23.2 Å². The molecule has 2 aromatic heterocycles. The minimum Gasteiger partial charge on any atom is -0.306 e. The van der Waals surface area contributed by atoms with Crippen LogP contribution in [0.3, 0.4) is 0 Å². The predicted octanol–water partition coefficient (Wildman–Crippen LogP) is 3.53. The van der Waals surface area contributed by atoms with E-state index >= 15 is 0 Å². The van der Waals surface area contributed by atoms with Gasteiger partial charge in [-0.1, -0.05) is 24.3 Å². The van der Waals surface area contributed by atoms with Crippen molar-refractivity contribution in [2.24, 2.45) is 5.92 Å². The first-order chi connectivity index (χ1) is 13.6. The molecule has 1 aliphatic heterocycles. The summed E-state index contributed by atoms with van der Waals surface area (Å²) in [6.45, 7) is 2.11. The van der Waals surface area contributed by atoms with Crippen LogP contribution in [0.2, 0.25) is 0 Å². The summed E-state index contributed by atoms with van der Waals surface area (Å²) in [5.41, 5.74) is 1.47. The first-order valence-corrected chi connectivity index (χ1v) is 9.66. The second kappa shape index (κ2) is 6.53. The Hall–Kier alpha value is -3.05. The van der Waals surface area contributed by atoms with E-state index < -0.39 is 0 Å². The maximum Gasteiger partial charge on any atom is 0.265 e. The molecule has 1 fully saturated rings. The Kier molecular flexibility index (Phi) is 3.98. The van der Waals surface area contributed by atoms with E-state index in [1.807, 2.05) is 36.4 Å². The number of fused-ring (bicyclic) bond motifs is 3. The largest absolute Gasteiger partial charge is 0.306 e. The zero-order valence-electron chi connectivity index (χ0n) is 15.8. The summed E-state index contributed by atoms with van der Waals surface area (Å²) in [5, 5.41) is 2.61. The third-order valence-electron chi connectivity index (χ3n) is 5.73. The van der Waals surface area contributed by atoms with Crippen molar-refractivity contribution in [3.63, 3.8) is 0 Å². The molecule has 140 valence electrons. The topological polar surface area (TPSA) is 54.7 Å². The molecular formula is C23H21N3O2. The van der Waals surface area contributed by atoms with Gasteiger partial charge < -0.3 is 4.90 Å². The SMILES string of the molecule is CN1CC(CCC(=O)c2cccn3c(=O)c4cc5ccccc5cc4nc23)C1. The summed E-state index contributed by atoms with van der Waals surface area (Å²) in [6.07, 6.45) is 3.06. The fraction of sp³-hybridized carbons (Fsp3) is 0.261. The van der Waals surface area contributed by atoms with Crippen LogP contribution in [-0.2, 0) is 0 Å². The van der Waals surface area contributed by atoms with Gasteiger partial charge in [-0.05, 0) is 54.4 Å². The molecule has 1 aliphatic rings. The van der Waals surface area contributed by atoms with Gasteiger partial charge in [0.15, 0.2) is 11.4 Å². The lowest BCUT2D eigenvalue weighted by molar-refractivity contribution is 0.0917. The number of ketones is 1. The van der Waals surface area contributed by atoms with Crippen LogP contribution in [0, 0.1) is 5.92 Å². The van der Waals surface area contributed by atoms with Crippen molar-refractivity contribution in [1.29, 1.82) is 0 Å². The third kappa shape index (κ3) is 2.79. The van der Waals surface area contributed by atoms with E-state index in [9.17, 15) is 9.59 Å². The maximum atomic E-state index is 13.1. The number of hydrogen-bond acceptors (Lipinski definition) is 4. The van der Waals surface area contributed by atoms with E-state index in [2.05, 4.69) is 11.9 Å². The van der Waals surface area contributed by atoms with E-state index in [0.29, 0.717) is 34.5 Å². The molecule has 0 saturated carbocycles. The average molecular weight is 371 g/mol. The summed E-state index contributed by atoms with van der Waals surface area (Å²) in [7, 11) is 2.09. The zero-order valence-corrected chi connectivity index (χ0v) is 15.8. The van der Waals surface area contributed by atoms with Gasteiger partial charge in [0, 0.05) is 25.7 Å². The lowest BCUT2D eigenvalue weighted by atomic mass is 9.93. The Balaban J connectivity index is 1.61. The lowest BCUT2D eigenvalue weighted by Crippen LogP contribution is -2.43. The highest BCUT2D eigenvalue weighted by atomic mass is 16.1. The number of carbonyl (C=O) groups is 1. The number of likely N-dealkylation sites (tertiary alicyclic amines) is 1. The number of hydrogen-bond donors (Lipinski definition) is 0. The highest BCUT2D eigenvalue weighted by molar-refractivity contribution is 6.03. The van der Waals surface area contributed by atoms with Gasteiger partial charge in [-0.2, -0.15) is 0 Å². The Morgan fingerprint density at radius 3 is 2.61 bits per heavy atom. The van der Waals surface area contributed by atoms with E-state index in [1.165, 1.54) is 4.40 Å². The van der Waals surface area contributed by atoms with Gasteiger partial charge >= 0.3 is 0 Å². The van der Waals surface area contributed by atoms with Crippen molar-refractivity contribution in [2.45, 2.75) is 12.8 Å². The molecule has 5 heteroatoms. The first-order valence-electron chi connectivity index (χ1n) is 9.66. The molecule has 0 bridgehead atoms. The predicted molar refractivity (Wildman–Crippen MR) is 111 cm³/mol. The van der Waals surface area contributed by atoms with Gasteiger partial charge in [-0.25, -0.2) is 4.98 Å². The van der Waals surface area contributed by atoms with E-state index in [-0.39, 0.29) is 11.3 Å². The summed E-state index contributed by atoms with van der Waals surface area (Å²) in [4.78, 5) is 32.9. The number of rotatable bonds is 4. The molecule has 5 rings (SSSR count). The number of pyridine rings is 1. The average Bonchev–Trinajstić information content (AvgIpc) is 2.69. The molecule has 1 saturated heterocycles. The van der Waals surface area contributed by atoms with Gasteiger partial charge in [-0.3, -0.25) is 14.0 Å². The molecule has 28 heavy (non-hydrogen) atoms. The van der Waals surface area contributed by atoms with Crippen molar-refractivity contribution < 1.29 is 4.79 Å². The minimum atomic E-state index is -0.138. The Morgan fingerprint density at radius 2 is 1.86 bits per heavy atom. The van der Waals surface area contributed by atoms with Crippen LogP contribution in [0.5, 0.6) is 0 Å². The molecule has 0 unspecified atom stereocenters. The molecule has 0 amide bonds. The molecule has 5 nitrogen and oxygen atoms in total. The number of benzene rings is 2. The molecular weight excluding hydrogens is 350 g/mol. The van der Waals surface area contributed by atoms with Gasteiger partial charge in [0.2, 0.25) is 0 Å². The van der Waals surface area contributed by atoms with Gasteiger partial charge in [0.1, 0.15) is 0 Å². The summed E-state index contributed by atoms with van der Waals surface area (Å²) in [6, 6.07) is 15.3. The van der Waals surface area contributed by atoms with Gasteiger partial charge in [0.05, 0.1) is 16.5 Å². The van der Waals surface area contributed by atoms with Crippen molar-refractivity contribution in [1.82, 2.24) is 14.3 Å². The van der Waals surface area contributed by atoms with Crippen molar-refractivity contribution in [3.8, 4) is 0 Å². The maximum absolute atomic E-state index is 13.1. The third-order valence-corrected chi connectivity index (χ3v) is 5.73. The minimum absolute atomic E-state index is 0.0553. The first kappa shape index (κ1) is 17.1. The second-order valence-electron chi connectivity index (χ2n) is 7.80. The Morgan fingerprint density at radius 1 is 1.11 bits per heavy atom. The number of aromatic nitrogens is 2. The van der Waals surface area contributed by atoms with E-state index in [4.69, 9.17) is 4.98 Å². The normalized spacial score (nSPS) is 15.3.